The largest absolute Gasteiger partial charge is 0.390 e. The highest BCUT2D eigenvalue weighted by Crippen LogP contribution is 2.31. The molecule has 0 aromatic rings. The van der Waals surface area contributed by atoms with Gasteiger partial charge in [-0.05, 0) is 38.1 Å². The van der Waals surface area contributed by atoms with E-state index in [0.717, 1.165) is 38.6 Å². The number of hydrogen-bond acceptors (Lipinski definition) is 2. The second-order valence-electron chi connectivity index (χ2n) is 5.60. The minimum Gasteiger partial charge on any atom is -0.341 e. The lowest BCUT2D eigenvalue weighted by atomic mass is 10.0. The summed E-state index contributed by atoms with van der Waals surface area (Å²) >= 11 is 0. The average molecular weight is 278 g/mol. The predicted octanol–water partition coefficient (Wildman–Crippen LogP) is 2.32. The number of amides is 1. The molecule has 0 radical (unpaired) electrons. The molecule has 19 heavy (non-hydrogen) atoms. The van der Waals surface area contributed by atoms with Crippen LogP contribution in [0.3, 0.4) is 0 Å². The number of hydrogen-bond donors (Lipinski definition) is 1. The van der Waals surface area contributed by atoms with Crippen molar-refractivity contribution in [3.05, 3.63) is 0 Å². The maximum Gasteiger partial charge on any atom is 0.390 e. The number of carbonyl (C=O) groups is 1. The van der Waals surface area contributed by atoms with Gasteiger partial charge in [0.25, 0.3) is 0 Å². The average Bonchev–Trinajstić information content (AvgIpc) is 3.17. The molecular formula is C13H21F3N2O. The second kappa shape index (κ2) is 6.11. The Kier molecular flexibility index (Phi) is 4.71. The van der Waals surface area contributed by atoms with Crippen LogP contribution in [0, 0.1) is 5.92 Å². The van der Waals surface area contributed by atoms with Gasteiger partial charge in [0.05, 0.1) is 12.5 Å². The molecule has 0 aromatic heterocycles. The van der Waals surface area contributed by atoms with E-state index in [1.165, 1.54) is 4.90 Å². The van der Waals surface area contributed by atoms with Crippen LogP contribution in [0.1, 0.15) is 38.5 Å². The molecule has 2 rings (SSSR count). The standard InChI is InChI=1S/C13H21F3N2O/c14-13(15,16)6-8-18(9-10-4-5-10)12(19)11-3-1-2-7-17-11/h10-11,17H,1-9H2. The lowest BCUT2D eigenvalue weighted by molar-refractivity contribution is -0.147. The first-order valence-corrected chi connectivity index (χ1v) is 7.04. The van der Waals surface area contributed by atoms with Gasteiger partial charge in [-0.15, -0.1) is 0 Å². The van der Waals surface area contributed by atoms with E-state index >= 15 is 0 Å². The van der Waals surface area contributed by atoms with Gasteiger partial charge in [-0.25, -0.2) is 0 Å². The van der Waals surface area contributed by atoms with Gasteiger partial charge in [-0.1, -0.05) is 6.42 Å². The van der Waals surface area contributed by atoms with E-state index in [2.05, 4.69) is 5.32 Å². The summed E-state index contributed by atoms with van der Waals surface area (Å²) in [5.74, 6) is 0.275. The molecule has 1 heterocycles. The van der Waals surface area contributed by atoms with Crippen molar-refractivity contribution < 1.29 is 18.0 Å². The quantitative estimate of drug-likeness (QED) is 0.837. The molecule has 1 saturated carbocycles. The Labute approximate surface area is 111 Å². The summed E-state index contributed by atoms with van der Waals surface area (Å²) in [6.07, 6.45) is -0.275. The SMILES string of the molecule is O=C(C1CCCCN1)N(CCC(F)(F)F)CC1CC1. The van der Waals surface area contributed by atoms with E-state index in [0.29, 0.717) is 12.5 Å². The van der Waals surface area contributed by atoms with Crippen LogP contribution in [0.4, 0.5) is 13.2 Å². The number of carbonyl (C=O) groups excluding carboxylic acids is 1. The highest BCUT2D eigenvalue weighted by Gasteiger charge is 2.34. The Morgan fingerprint density at radius 1 is 1.21 bits per heavy atom. The molecule has 1 aliphatic carbocycles. The van der Waals surface area contributed by atoms with Crippen LogP contribution in [-0.4, -0.2) is 42.7 Å². The van der Waals surface area contributed by atoms with Crippen LogP contribution >= 0.6 is 0 Å². The number of halogens is 3. The van der Waals surface area contributed by atoms with Gasteiger partial charge < -0.3 is 10.2 Å². The zero-order valence-electron chi connectivity index (χ0n) is 11.0. The van der Waals surface area contributed by atoms with Crippen molar-refractivity contribution in [2.24, 2.45) is 5.92 Å². The smallest absolute Gasteiger partial charge is 0.341 e. The fourth-order valence-corrected chi connectivity index (χ4v) is 2.45. The van der Waals surface area contributed by atoms with Crippen LogP contribution in [0.15, 0.2) is 0 Å². The summed E-state index contributed by atoms with van der Waals surface area (Å²) in [4.78, 5) is 13.7. The molecule has 1 unspecified atom stereocenters. The van der Waals surface area contributed by atoms with Gasteiger partial charge in [0.2, 0.25) is 5.91 Å². The van der Waals surface area contributed by atoms with Crippen molar-refractivity contribution in [1.29, 1.82) is 0 Å². The molecule has 1 amide bonds. The molecule has 3 nitrogen and oxygen atoms in total. The van der Waals surface area contributed by atoms with E-state index in [9.17, 15) is 18.0 Å². The molecule has 0 aromatic carbocycles. The van der Waals surface area contributed by atoms with Crippen LogP contribution < -0.4 is 5.32 Å². The van der Waals surface area contributed by atoms with Gasteiger partial charge in [0.15, 0.2) is 0 Å². The molecule has 2 fully saturated rings. The van der Waals surface area contributed by atoms with E-state index < -0.39 is 12.6 Å². The van der Waals surface area contributed by atoms with Crippen LogP contribution in [0.2, 0.25) is 0 Å². The highest BCUT2D eigenvalue weighted by atomic mass is 19.4. The van der Waals surface area contributed by atoms with Crippen LogP contribution in [0.25, 0.3) is 0 Å². The van der Waals surface area contributed by atoms with E-state index in [1.807, 2.05) is 0 Å². The number of piperidine rings is 1. The molecule has 1 aliphatic heterocycles. The lowest BCUT2D eigenvalue weighted by Crippen LogP contribution is -2.49. The van der Waals surface area contributed by atoms with Crippen molar-refractivity contribution in [3.8, 4) is 0 Å². The highest BCUT2D eigenvalue weighted by molar-refractivity contribution is 5.82. The van der Waals surface area contributed by atoms with Gasteiger partial charge >= 0.3 is 6.18 Å². The first kappa shape index (κ1) is 14.6. The van der Waals surface area contributed by atoms with Crippen molar-refractivity contribution >= 4 is 5.91 Å². The Balaban J connectivity index is 1.88. The van der Waals surface area contributed by atoms with Gasteiger partial charge in [-0.2, -0.15) is 13.2 Å². The summed E-state index contributed by atoms with van der Waals surface area (Å²) in [6.45, 7) is 1.08. The molecule has 1 N–H and O–H groups in total. The Morgan fingerprint density at radius 2 is 1.95 bits per heavy atom. The van der Waals surface area contributed by atoms with Gasteiger partial charge in [0.1, 0.15) is 0 Å². The number of nitrogens with one attached hydrogen (secondary N) is 1. The molecule has 1 saturated heterocycles. The second-order valence-corrected chi connectivity index (χ2v) is 5.60. The van der Waals surface area contributed by atoms with E-state index in [4.69, 9.17) is 0 Å². The summed E-state index contributed by atoms with van der Waals surface area (Å²) < 4.78 is 37.0. The van der Waals surface area contributed by atoms with E-state index in [-0.39, 0.29) is 18.5 Å². The predicted molar refractivity (Wildman–Crippen MR) is 65.6 cm³/mol. The monoisotopic (exact) mass is 278 g/mol. The van der Waals surface area contributed by atoms with Gasteiger partial charge in [0, 0.05) is 13.1 Å². The fourth-order valence-electron chi connectivity index (χ4n) is 2.45. The van der Waals surface area contributed by atoms with E-state index in [1.54, 1.807) is 0 Å². The first-order valence-electron chi connectivity index (χ1n) is 7.04. The van der Waals surface area contributed by atoms with Crippen molar-refractivity contribution in [1.82, 2.24) is 10.2 Å². The van der Waals surface area contributed by atoms with Crippen molar-refractivity contribution in [2.75, 3.05) is 19.6 Å². The minimum absolute atomic E-state index is 0.143. The van der Waals surface area contributed by atoms with Crippen molar-refractivity contribution in [2.45, 2.75) is 50.7 Å². The Bertz CT molecular complexity index is 310. The summed E-state index contributed by atoms with van der Waals surface area (Å²) in [7, 11) is 0. The molecule has 0 bridgehead atoms. The first-order chi connectivity index (χ1) is 8.96. The molecule has 2 aliphatic rings. The number of nitrogens with zero attached hydrogens (tertiary/aromatic N) is 1. The molecule has 6 heteroatoms. The maximum atomic E-state index is 12.3. The number of alkyl halides is 3. The summed E-state index contributed by atoms with van der Waals surface area (Å²) in [5.41, 5.74) is 0. The Morgan fingerprint density at radius 3 is 2.47 bits per heavy atom. The topological polar surface area (TPSA) is 32.3 Å². The van der Waals surface area contributed by atoms with Crippen LogP contribution in [0.5, 0.6) is 0 Å². The molecule has 0 spiro atoms. The Hall–Kier alpha value is -0.780. The fraction of sp³-hybridized carbons (Fsp3) is 0.923. The number of rotatable bonds is 5. The van der Waals surface area contributed by atoms with Crippen LogP contribution in [-0.2, 0) is 4.79 Å². The maximum absolute atomic E-state index is 12.3. The third-order valence-electron chi connectivity index (χ3n) is 3.76. The summed E-state index contributed by atoms with van der Waals surface area (Å²) in [5, 5.41) is 3.12. The normalized spacial score (nSPS) is 24.3. The zero-order chi connectivity index (χ0) is 13.9. The zero-order valence-corrected chi connectivity index (χ0v) is 11.0. The third kappa shape index (κ3) is 5.01. The molecular weight excluding hydrogens is 257 g/mol. The van der Waals surface area contributed by atoms with Gasteiger partial charge in [-0.3, -0.25) is 4.79 Å². The van der Waals surface area contributed by atoms with Crippen molar-refractivity contribution in [3.63, 3.8) is 0 Å². The molecule has 1 atom stereocenters. The molecule has 110 valence electrons. The summed E-state index contributed by atoms with van der Waals surface area (Å²) in [6, 6.07) is -0.277. The minimum atomic E-state index is -4.19. The third-order valence-corrected chi connectivity index (χ3v) is 3.76. The lowest BCUT2D eigenvalue weighted by Gasteiger charge is -2.30.